The number of carbonyl (C=O) groups excluding carboxylic acids is 3. The van der Waals surface area contributed by atoms with E-state index in [9.17, 15) is 14.4 Å². The average molecular weight is 376 g/mol. The zero-order valence-electron chi connectivity index (χ0n) is 16.4. The van der Waals surface area contributed by atoms with Gasteiger partial charge in [-0.15, -0.1) is 0 Å². The molecule has 1 aliphatic heterocycles. The SMILES string of the molecule is CCC(C)OC(=O)CC1C(=O)NCCN1C(=O)c1ccccc1OC(C)C. The molecular formula is C20H28N2O5. The summed E-state index contributed by atoms with van der Waals surface area (Å²) in [6.07, 6.45) is 0.193. The second-order valence-electron chi connectivity index (χ2n) is 6.88. The van der Waals surface area contributed by atoms with Crippen LogP contribution in [-0.4, -0.2) is 54.0 Å². The Morgan fingerprint density at radius 3 is 2.63 bits per heavy atom. The molecular weight excluding hydrogens is 348 g/mol. The minimum absolute atomic E-state index is 0.0927. The number of piperazine rings is 1. The van der Waals surface area contributed by atoms with E-state index in [1.54, 1.807) is 31.2 Å². The monoisotopic (exact) mass is 376 g/mol. The highest BCUT2D eigenvalue weighted by atomic mass is 16.5. The number of nitrogens with one attached hydrogen (secondary N) is 1. The fourth-order valence-corrected chi connectivity index (χ4v) is 2.83. The molecule has 1 aliphatic rings. The molecule has 0 radical (unpaired) electrons. The van der Waals surface area contributed by atoms with Crippen molar-refractivity contribution in [2.75, 3.05) is 13.1 Å². The van der Waals surface area contributed by atoms with E-state index < -0.39 is 12.0 Å². The van der Waals surface area contributed by atoms with Crippen molar-refractivity contribution in [2.24, 2.45) is 0 Å². The average Bonchev–Trinajstić information content (AvgIpc) is 2.62. The molecule has 1 saturated heterocycles. The lowest BCUT2D eigenvalue weighted by molar-refractivity contribution is -0.151. The summed E-state index contributed by atoms with van der Waals surface area (Å²) in [5.74, 6) is -0.708. The molecule has 27 heavy (non-hydrogen) atoms. The second kappa shape index (κ2) is 9.39. The van der Waals surface area contributed by atoms with Crippen LogP contribution in [0.4, 0.5) is 0 Å². The molecule has 2 atom stereocenters. The molecule has 0 aromatic heterocycles. The molecule has 1 heterocycles. The first-order valence-corrected chi connectivity index (χ1v) is 9.37. The Kier molecular flexibility index (Phi) is 7.21. The Bertz CT molecular complexity index is 689. The van der Waals surface area contributed by atoms with Crippen LogP contribution in [0.25, 0.3) is 0 Å². The van der Waals surface area contributed by atoms with Crippen LogP contribution >= 0.6 is 0 Å². The summed E-state index contributed by atoms with van der Waals surface area (Å²) in [7, 11) is 0. The van der Waals surface area contributed by atoms with Crippen molar-refractivity contribution in [3.63, 3.8) is 0 Å². The first kappa shape index (κ1) is 20.7. The molecule has 1 fully saturated rings. The van der Waals surface area contributed by atoms with E-state index in [0.29, 0.717) is 30.8 Å². The lowest BCUT2D eigenvalue weighted by atomic mass is 10.1. The number of rotatable bonds is 7. The van der Waals surface area contributed by atoms with E-state index in [4.69, 9.17) is 9.47 Å². The third-order valence-corrected chi connectivity index (χ3v) is 4.34. The smallest absolute Gasteiger partial charge is 0.308 e. The normalized spacial score (nSPS) is 18.0. The quantitative estimate of drug-likeness (QED) is 0.737. The standard InChI is InChI=1S/C20H28N2O5/c1-5-14(4)27-18(23)12-16-19(24)21-10-11-22(16)20(25)15-8-6-7-9-17(15)26-13(2)3/h6-9,13-14,16H,5,10-12H2,1-4H3,(H,21,24). The first-order chi connectivity index (χ1) is 12.8. The fraction of sp³-hybridized carbons (Fsp3) is 0.550. The lowest BCUT2D eigenvalue weighted by Crippen LogP contribution is -2.58. The van der Waals surface area contributed by atoms with Crippen LogP contribution in [0.2, 0.25) is 0 Å². The van der Waals surface area contributed by atoms with Crippen LogP contribution in [0.3, 0.4) is 0 Å². The van der Waals surface area contributed by atoms with E-state index in [-0.39, 0.29) is 30.4 Å². The zero-order valence-corrected chi connectivity index (χ0v) is 16.4. The Morgan fingerprint density at radius 1 is 1.26 bits per heavy atom. The van der Waals surface area contributed by atoms with Gasteiger partial charge in [-0.25, -0.2) is 0 Å². The van der Waals surface area contributed by atoms with Crippen LogP contribution in [0, 0.1) is 0 Å². The molecule has 0 aliphatic carbocycles. The number of amides is 2. The van der Waals surface area contributed by atoms with Gasteiger partial charge in [0, 0.05) is 13.1 Å². The summed E-state index contributed by atoms with van der Waals surface area (Å²) in [6.45, 7) is 8.12. The van der Waals surface area contributed by atoms with Gasteiger partial charge in [0.2, 0.25) is 5.91 Å². The van der Waals surface area contributed by atoms with Gasteiger partial charge in [0.1, 0.15) is 11.8 Å². The number of carbonyl (C=O) groups is 3. The Hall–Kier alpha value is -2.57. The van der Waals surface area contributed by atoms with Gasteiger partial charge in [0.25, 0.3) is 5.91 Å². The molecule has 2 rings (SSSR count). The van der Waals surface area contributed by atoms with Gasteiger partial charge in [-0.3, -0.25) is 14.4 Å². The number of esters is 1. The molecule has 0 saturated carbocycles. The maximum absolute atomic E-state index is 13.1. The van der Waals surface area contributed by atoms with E-state index in [1.807, 2.05) is 20.8 Å². The molecule has 2 amide bonds. The summed E-state index contributed by atoms with van der Waals surface area (Å²) in [4.78, 5) is 39.1. The Morgan fingerprint density at radius 2 is 1.96 bits per heavy atom. The number of ether oxygens (including phenoxy) is 2. The number of para-hydroxylation sites is 1. The van der Waals surface area contributed by atoms with Gasteiger partial charge in [-0.2, -0.15) is 0 Å². The highest BCUT2D eigenvalue weighted by Gasteiger charge is 2.36. The molecule has 7 heteroatoms. The topological polar surface area (TPSA) is 84.9 Å². The summed E-state index contributed by atoms with van der Waals surface area (Å²) >= 11 is 0. The molecule has 148 valence electrons. The number of nitrogens with zero attached hydrogens (tertiary/aromatic N) is 1. The lowest BCUT2D eigenvalue weighted by Gasteiger charge is -2.35. The van der Waals surface area contributed by atoms with Crippen molar-refractivity contribution in [2.45, 2.75) is 58.8 Å². The maximum atomic E-state index is 13.1. The fourth-order valence-electron chi connectivity index (χ4n) is 2.83. The van der Waals surface area contributed by atoms with Crippen molar-refractivity contribution in [1.29, 1.82) is 0 Å². The van der Waals surface area contributed by atoms with Gasteiger partial charge in [0.15, 0.2) is 0 Å². The third-order valence-electron chi connectivity index (χ3n) is 4.34. The number of hydrogen-bond donors (Lipinski definition) is 1. The van der Waals surface area contributed by atoms with Crippen molar-refractivity contribution in [1.82, 2.24) is 10.2 Å². The molecule has 0 spiro atoms. The zero-order chi connectivity index (χ0) is 20.0. The minimum atomic E-state index is -0.894. The molecule has 1 aromatic rings. The Labute approximate surface area is 160 Å². The molecule has 1 aromatic carbocycles. The molecule has 2 unspecified atom stereocenters. The molecule has 7 nitrogen and oxygen atoms in total. The van der Waals surface area contributed by atoms with Gasteiger partial charge < -0.3 is 19.7 Å². The molecule has 1 N–H and O–H groups in total. The van der Waals surface area contributed by atoms with Crippen molar-refractivity contribution >= 4 is 17.8 Å². The third kappa shape index (κ3) is 5.45. The number of benzene rings is 1. The largest absolute Gasteiger partial charge is 0.490 e. The highest BCUT2D eigenvalue weighted by Crippen LogP contribution is 2.23. The van der Waals surface area contributed by atoms with E-state index >= 15 is 0 Å². The highest BCUT2D eigenvalue weighted by molar-refractivity contribution is 6.01. The van der Waals surface area contributed by atoms with Crippen LogP contribution < -0.4 is 10.1 Å². The summed E-state index contributed by atoms with van der Waals surface area (Å²) < 4.78 is 11.0. The van der Waals surface area contributed by atoms with E-state index in [2.05, 4.69) is 5.32 Å². The van der Waals surface area contributed by atoms with Gasteiger partial charge >= 0.3 is 5.97 Å². The predicted octanol–water partition coefficient (Wildman–Crippen LogP) is 2.15. The van der Waals surface area contributed by atoms with Crippen LogP contribution in [0.5, 0.6) is 5.75 Å². The van der Waals surface area contributed by atoms with Crippen LogP contribution in [0.1, 0.15) is 50.9 Å². The summed E-state index contributed by atoms with van der Waals surface area (Å²) in [5.41, 5.74) is 0.376. The van der Waals surface area contributed by atoms with Crippen LogP contribution in [-0.2, 0) is 14.3 Å². The summed E-state index contributed by atoms with van der Waals surface area (Å²) in [6, 6.07) is 6.04. The van der Waals surface area contributed by atoms with E-state index in [0.717, 1.165) is 0 Å². The van der Waals surface area contributed by atoms with Crippen LogP contribution in [0.15, 0.2) is 24.3 Å². The van der Waals surface area contributed by atoms with Gasteiger partial charge in [-0.05, 0) is 39.3 Å². The Balaban J connectivity index is 2.22. The van der Waals surface area contributed by atoms with E-state index in [1.165, 1.54) is 4.90 Å². The number of hydrogen-bond acceptors (Lipinski definition) is 5. The van der Waals surface area contributed by atoms with Crippen molar-refractivity contribution < 1.29 is 23.9 Å². The predicted molar refractivity (Wildman–Crippen MR) is 101 cm³/mol. The second-order valence-corrected chi connectivity index (χ2v) is 6.88. The van der Waals surface area contributed by atoms with Crippen molar-refractivity contribution in [3.05, 3.63) is 29.8 Å². The maximum Gasteiger partial charge on any atom is 0.308 e. The summed E-state index contributed by atoms with van der Waals surface area (Å²) in [5, 5.41) is 2.72. The van der Waals surface area contributed by atoms with Crippen molar-refractivity contribution in [3.8, 4) is 5.75 Å². The molecule has 0 bridgehead atoms. The van der Waals surface area contributed by atoms with Gasteiger partial charge in [0.05, 0.1) is 24.2 Å². The minimum Gasteiger partial charge on any atom is -0.490 e. The van der Waals surface area contributed by atoms with Gasteiger partial charge in [-0.1, -0.05) is 19.1 Å². The first-order valence-electron chi connectivity index (χ1n) is 9.37.